The topological polar surface area (TPSA) is 86.6 Å². The van der Waals surface area contributed by atoms with Gasteiger partial charge in [0.25, 0.3) is 0 Å². The van der Waals surface area contributed by atoms with E-state index in [1.807, 2.05) is 0 Å². The fourth-order valence-electron chi connectivity index (χ4n) is 1.54. The summed E-state index contributed by atoms with van der Waals surface area (Å²) in [5, 5.41) is 20.8. The van der Waals surface area contributed by atoms with Crippen LogP contribution in [0.5, 0.6) is 5.75 Å². The van der Waals surface area contributed by atoms with Crippen molar-refractivity contribution in [3.05, 3.63) is 23.8 Å². The number of carboxylic acid groups (broad SMARTS) is 1. The minimum absolute atomic E-state index is 0.148. The van der Waals surface area contributed by atoms with E-state index in [2.05, 4.69) is 12.2 Å². The van der Waals surface area contributed by atoms with Crippen LogP contribution < -0.4 is 5.32 Å². The van der Waals surface area contributed by atoms with Crippen molar-refractivity contribution in [1.82, 2.24) is 0 Å². The number of carbonyl (C=O) groups is 2. The number of carboxylic acids is 1. The maximum atomic E-state index is 11.5. The standard InChI is InChI=1S/C13H17NO4/c1-2-3-4-5-12(16)14-9-6-7-11(15)10(8-9)13(17)18/h6-8,15H,2-5H2,1H3,(H,14,16)(H,17,18). The van der Waals surface area contributed by atoms with Gasteiger partial charge in [-0.1, -0.05) is 19.8 Å². The molecule has 0 radical (unpaired) electrons. The minimum atomic E-state index is -1.23. The molecule has 1 aromatic rings. The number of phenols is 1. The van der Waals surface area contributed by atoms with E-state index in [0.29, 0.717) is 12.1 Å². The Morgan fingerprint density at radius 3 is 2.61 bits per heavy atom. The van der Waals surface area contributed by atoms with Crippen LogP contribution >= 0.6 is 0 Å². The van der Waals surface area contributed by atoms with Crippen molar-refractivity contribution in [3.8, 4) is 5.75 Å². The Morgan fingerprint density at radius 2 is 2.00 bits per heavy atom. The van der Waals surface area contributed by atoms with E-state index in [9.17, 15) is 14.7 Å². The monoisotopic (exact) mass is 251 g/mol. The molecule has 0 heterocycles. The maximum Gasteiger partial charge on any atom is 0.339 e. The van der Waals surface area contributed by atoms with E-state index >= 15 is 0 Å². The maximum absolute atomic E-state index is 11.5. The summed E-state index contributed by atoms with van der Waals surface area (Å²) in [6, 6.07) is 3.97. The van der Waals surface area contributed by atoms with Gasteiger partial charge in [0.05, 0.1) is 0 Å². The number of benzene rings is 1. The lowest BCUT2D eigenvalue weighted by atomic mass is 10.1. The average Bonchev–Trinajstić information content (AvgIpc) is 2.31. The fourth-order valence-corrected chi connectivity index (χ4v) is 1.54. The van der Waals surface area contributed by atoms with Gasteiger partial charge in [0, 0.05) is 12.1 Å². The Balaban J connectivity index is 2.65. The molecule has 18 heavy (non-hydrogen) atoms. The van der Waals surface area contributed by atoms with Crippen LogP contribution in [0.25, 0.3) is 0 Å². The van der Waals surface area contributed by atoms with Crippen LogP contribution in [0.4, 0.5) is 5.69 Å². The van der Waals surface area contributed by atoms with Crippen molar-refractivity contribution in [2.75, 3.05) is 5.32 Å². The fraction of sp³-hybridized carbons (Fsp3) is 0.385. The zero-order valence-electron chi connectivity index (χ0n) is 10.3. The molecule has 5 heteroatoms. The van der Waals surface area contributed by atoms with Gasteiger partial charge in [-0.05, 0) is 24.6 Å². The van der Waals surface area contributed by atoms with Crippen LogP contribution in [0.2, 0.25) is 0 Å². The van der Waals surface area contributed by atoms with E-state index < -0.39 is 5.97 Å². The highest BCUT2D eigenvalue weighted by Crippen LogP contribution is 2.21. The molecule has 0 fully saturated rings. The number of aromatic carboxylic acids is 1. The molecule has 0 spiro atoms. The van der Waals surface area contributed by atoms with Gasteiger partial charge in [0.2, 0.25) is 5.91 Å². The molecular formula is C13H17NO4. The van der Waals surface area contributed by atoms with E-state index in [1.165, 1.54) is 18.2 Å². The smallest absolute Gasteiger partial charge is 0.339 e. The molecule has 0 aliphatic rings. The number of amides is 1. The SMILES string of the molecule is CCCCCC(=O)Nc1ccc(O)c(C(=O)O)c1. The van der Waals surface area contributed by atoms with Gasteiger partial charge < -0.3 is 15.5 Å². The molecule has 5 nitrogen and oxygen atoms in total. The third-order valence-corrected chi connectivity index (χ3v) is 2.52. The molecule has 0 bridgehead atoms. The van der Waals surface area contributed by atoms with Gasteiger partial charge in [-0.2, -0.15) is 0 Å². The predicted octanol–water partition coefficient (Wildman–Crippen LogP) is 2.61. The average molecular weight is 251 g/mol. The van der Waals surface area contributed by atoms with Crippen LogP contribution in [-0.2, 0) is 4.79 Å². The van der Waals surface area contributed by atoms with Crippen molar-refractivity contribution in [3.63, 3.8) is 0 Å². The molecule has 0 atom stereocenters. The van der Waals surface area contributed by atoms with Crippen LogP contribution in [0.3, 0.4) is 0 Å². The summed E-state index contributed by atoms with van der Waals surface area (Å²) in [7, 11) is 0. The van der Waals surface area contributed by atoms with E-state index in [0.717, 1.165) is 19.3 Å². The second-order valence-corrected chi connectivity index (χ2v) is 4.04. The highest BCUT2D eigenvalue weighted by Gasteiger charge is 2.11. The number of anilines is 1. The van der Waals surface area contributed by atoms with Gasteiger partial charge in [0.15, 0.2) is 0 Å². The lowest BCUT2D eigenvalue weighted by molar-refractivity contribution is -0.116. The van der Waals surface area contributed by atoms with Crippen LogP contribution in [0, 0.1) is 0 Å². The zero-order chi connectivity index (χ0) is 13.5. The van der Waals surface area contributed by atoms with Crippen molar-refractivity contribution in [1.29, 1.82) is 0 Å². The molecule has 1 rings (SSSR count). The summed E-state index contributed by atoms with van der Waals surface area (Å²) < 4.78 is 0. The molecule has 98 valence electrons. The predicted molar refractivity (Wildman–Crippen MR) is 67.8 cm³/mol. The number of rotatable bonds is 6. The minimum Gasteiger partial charge on any atom is -0.507 e. The van der Waals surface area contributed by atoms with Gasteiger partial charge >= 0.3 is 5.97 Å². The van der Waals surface area contributed by atoms with Crippen LogP contribution in [0.15, 0.2) is 18.2 Å². The lowest BCUT2D eigenvalue weighted by Gasteiger charge is -2.07. The summed E-state index contributed by atoms with van der Waals surface area (Å²) in [6.45, 7) is 2.05. The summed E-state index contributed by atoms with van der Waals surface area (Å²) in [5.74, 6) is -1.69. The first-order valence-corrected chi connectivity index (χ1v) is 5.90. The number of carbonyl (C=O) groups excluding carboxylic acids is 1. The lowest BCUT2D eigenvalue weighted by Crippen LogP contribution is -2.11. The largest absolute Gasteiger partial charge is 0.507 e. The molecule has 0 aromatic heterocycles. The molecule has 0 saturated heterocycles. The third kappa shape index (κ3) is 4.08. The van der Waals surface area contributed by atoms with Crippen molar-refractivity contribution in [2.45, 2.75) is 32.6 Å². The quantitative estimate of drug-likeness (QED) is 0.535. The Morgan fingerprint density at radius 1 is 1.28 bits per heavy atom. The highest BCUT2D eigenvalue weighted by molar-refractivity contribution is 5.95. The molecule has 0 saturated carbocycles. The summed E-state index contributed by atoms with van der Waals surface area (Å²) >= 11 is 0. The van der Waals surface area contributed by atoms with E-state index in [-0.39, 0.29) is 17.2 Å². The second kappa shape index (κ2) is 6.64. The van der Waals surface area contributed by atoms with Crippen molar-refractivity contribution < 1.29 is 19.8 Å². The first kappa shape index (κ1) is 14.0. The number of aromatic hydroxyl groups is 1. The first-order chi connectivity index (χ1) is 8.54. The molecule has 1 amide bonds. The van der Waals surface area contributed by atoms with Gasteiger partial charge in [-0.25, -0.2) is 4.79 Å². The number of hydrogen-bond acceptors (Lipinski definition) is 3. The number of unbranched alkanes of at least 4 members (excludes halogenated alkanes) is 2. The van der Waals surface area contributed by atoms with Gasteiger partial charge in [-0.15, -0.1) is 0 Å². The second-order valence-electron chi connectivity index (χ2n) is 4.04. The number of nitrogens with one attached hydrogen (secondary N) is 1. The summed E-state index contributed by atoms with van der Waals surface area (Å²) in [4.78, 5) is 22.3. The van der Waals surface area contributed by atoms with Gasteiger partial charge in [-0.3, -0.25) is 4.79 Å². The van der Waals surface area contributed by atoms with Crippen molar-refractivity contribution in [2.24, 2.45) is 0 Å². The molecule has 0 unspecified atom stereocenters. The van der Waals surface area contributed by atoms with Crippen molar-refractivity contribution >= 4 is 17.6 Å². The number of hydrogen-bond donors (Lipinski definition) is 3. The van der Waals surface area contributed by atoms with Gasteiger partial charge in [0.1, 0.15) is 11.3 Å². The molecule has 0 aliphatic heterocycles. The van der Waals surface area contributed by atoms with Crippen LogP contribution in [-0.4, -0.2) is 22.1 Å². The molecule has 1 aromatic carbocycles. The summed E-state index contributed by atoms with van der Waals surface area (Å²) in [6.07, 6.45) is 3.25. The first-order valence-electron chi connectivity index (χ1n) is 5.90. The van der Waals surface area contributed by atoms with E-state index in [4.69, 9.17) is 5.11 Å². The molecular weight excluding hydrogens is 234 g/mol. The van der Waals surface area contributed by atoms with E-state index in [1.54, 1.807) is 0 Å². The highest BCUT2D eigenvalue weighted by atomic mass is 16.4. The Labute approximate surface area is 105 Å². The zero-order valence-corrected chi connectivity index (χ0v) is 10.3. The molecule has 0 aliphatic carbocycles. The molecule has 3 N–H and O–H groups in total. The normalized spacial score (nSPS) is 10.1. The Kier molecular flexibility index (Phi) is 5.17. The summed E-state index contributed by atoms with van der Waals surface area (Å²) in [5.41, 5.74) is 0.160. The Hall–Kier alpha value is -2.04. The third-order valence-electron chi connectivity index (χ3n) is 2.52. The Bertz CT molecular complexity index is 443. The van der Waals surface area contributed by atoms with Crippen LogP contribution in [0.1, 0.15) is 43.0 Å².